The molecule has 0 aliphatic rings. The monoisotopic (exact) mass is 420 g/mol. The summed E-state index contributed by atoms with van der Waals surface area (Å²) in [5.74, 6) is 1.06. The van der Waals surface area contributed by atoms with Crippen LogP contribution in [-0.4, -0.2) is 21.9 Å². The lowest BCUT2D eigenvalue weighted by molar-refractivity contribution is 0.257. The number of aliphatic hydroxyl groups is 3. The molecule has 0 heterocycles. The zero-order chi connectivity index (χ0) is 22.2. The minimum absolute atomic E-state index is 0.102. The molecule has 0 aliphatic heterocycles. The van der Waals surface area contributed by atoms with Crippen LogP contribution >= 0.6 is 0 Å². The molecule has 4 nitrogen and oxygen atoms in total. The summed E-state index contributed by atoms with van der Waals surface area (Å²) < 4.78 is 5.93. The van der Waals surface area contributed by atoms with Crippen molar-refractivity contribution < 1.29 is 20.1 Å². The van der Waals surface area contributed by atoms with Gasteiger partial charge in [-0.25, -0.2) is 0 Å². The molecule has 4 heteroatoms. The molecule has 0 aromatic heterocycles. The summed E-state index contributed by atoms with van der Waals surface area (Å²) in [6, 6.07) is 20.3. The molecule has 0 saturated carbocycles. The molecule has 0 aliphatic carbocycles. The fraction of sp³-hybridized carbons (Fsp3) is 0.333. The number of benzene rings is 3. The summed E-state index contributed by atoms with van der Waals surface area (Å²) in [6.07, 6.45) is 1.81. The van der Waals surface area contributed by atoms with E-state index >= 15 is 0 Å². The molecule has 164 valence electrons. The van der Waals surface area contributed by atoms with E-state index in [1.807, 2.05) is 18.2 Å². The van der Waals surface area contributed by atoms with E-state index < -0.39 is 0 Å². The Bertz CT molecular complexity index is 996. The summed E-state index contributed by atoms with van der Waals surface area (Å²) in [5.41, 5.74) is 7.29. The molecule has 0 saturated heterocycles. The van der Waals surface area contributed by atoms with Crippen molar-refractivity contribution in [3.63, 3.8) is 0 Å². The van der Waals surface area contributed by atoms with E-state index in [-0.39, 0.29) is 19.8 Å². The zero-order valence-corrected chi connectivity index (χ0v) is 18.3. The Hall–Kier alpha value is -2.66. The van der Waals surface area contributed by atoms with Crippen LogP contribution < -0.4 is 4.74 Å². The molecule has 0 spiro atoms. The van der Waals surface area contributed by atoms with Crippen LogP contribution in [0.4, 0.5) is 0 Å². The second kappa shape index (κ2) is 11.1. The van der Waals surface area contributed by atoms with Gasteiger partial charge >= 0.3 is 0 Å². The molecule has 0 amide bonds. The summed E-state index contributed by atoms with van der Waals surface area (Å²) in [7, 11) is 0. The molecular formula is C27H32O4. The van der Waals surface area contributed by atoms with E-state index in [4.69, 9.17) is 4.74 Å². The van der Waals surface area contributed by atoms with Crippen LogP contribution in [0.2, 0.25) is 0 Å². The van der Waals surface area contributed by atoms with Gasteiger partial charge in [0.05, 0.1) is 13.2 Å². The van der Waals surface area contributed by atoms with Gasteiger partial charge in [0.15, 0.2) is 0 Å². The number of hydrogen-bond donors (Lipinski definition) is 3. The van der Waals surface area contributed by atoms with E-state index in [0.29, 0.717) is 29.4 Å². The molecule has 3 rings (SSSR count). The summed E-state index contributed by atoms with van der Waals surface area (Å²) >= 11 is 0. The van der Waals surface area contributed by atoms with Crippen LogP contribution in [0.1, 0.15) is 53.5 Å². The van der Waals surface area contributed by atoms with Gasteiger partial charge in [-0.05, 0) is 82.8 Å². The standard InChI is InChI=1S/C27H32O4/c1-3-21(11-12-28)22-8-10-27(19(2)13-22)23-6-4-5-20(14-23)18-31-26-9-7-24(16-29)25(15-26)17-30/h4-10,13-15,21,28-30H,3,11-12,16-18H2,1-2H3. The first-order valence-corrected chi connectivity index (χ1v) is 10.9. The minimum Gasteiger partial charge on any atom is -0.489 e. The van der Waals surface area contributed by atoms with Gasteiger partial charge in [0, 0.05) is 6.61 Å². The molecule has 31 heavy (non-hydrogen) atoms. The molecular weight excluding hydrogens is 388 g/mol. The molecule has 3 N–H and O–H groups in total. The van der Waals surface area contributed by atoms with E-state index in [0.717, 1.165) is 24.0 Å². The Morgan fingerprint density at radius 3 is 2.35 bits per heavy atom. The third-order valence-corrected chi connectivity index (χ3v) is 5.85. The normalized spacial score (nSPS) is 12.0. The maximum atomic E-state index is 9.47. The maximum Gasteiger partial charge on any atom is 0.120 e. The number of rotatable bonds is 10. The molecule has 0 radical (unpaired) electrons. The van der Waals surface area contributed by atoms with E-state index in [1.54, 1.807) is 12.1 Å². The molecule has 3 aromatic carbocycles. The summed E-state index contributed by atoms with van der Waals surface area (Å²) in [4.78, 5) is 0. The Balaban J connectivity index is 1.76. The number of ether oxygens (including phenoxy) is 1. The van der Waals surface area contributed by atoms with Gasteiger partial charge in [0.25, 0.3) is 0 Å². The van der Waals surface area contributed by atoms with Crippen molar-refractivity contribution in [3.8, 4) is 16.9 Å². The quantitative estimate of drug-likeness (QED) is 0.427. The lowest BCUT2D eigenvalue weighted by Gasteiger charge is -2.17. The molecule has 3 aromatic rings. The fourth-order valence-electron chi connectivity index (χ4n) is 4.02. The molecule has 0 bridgehead atoms. The van der Waals surface area contributed by atoms with Crippen LogP contribution in [0.5, 0.6) is 5.75 Å². The molecule has 1 atom stereocenters. The van der Waals surface area contributed by atoms with Crippen molar-refractivity contribution in [2.45, 2.75) is 52.4 Å². The first-order valence-electron chi connectivity index (χ1n) is 10.9. The largest absolute Gasteiger partial charge is 0.489 e. The van der Waals surface area contributed by atoms with Crippen LogP contribution in [0.15, 0.2) is 60.7 Å². The lowest BCUT2D eigenvalue weighted by atomic mass is 9.89. The van der Waals surface area contributed by atoms with Crippen LogP contribution in [0.3, 0.4) is 0 Å². The predicted molar refractivity (Wildman–Crippen MR) is 124 cm³/mol. The maximum absolute atomic E-state index is 9.47. The third-order valence-electron chi connectivity index (χ3n) is 5.85. The highest BCUT2D eigenvalue weighted by molar-refractivity contribution is 5.68. The molecule has 0 fully saturated rings. The van der Waals surface area contributed by atoms with Gasteiger partial charge in [0.1, 0.15) is 12.4 Å². The van der Waals surface area contributed by atoms with Crippen molar-refractivity contribution in [3.05, 3.63) is 88.5 Å². The van der Waals surface area contributed by atoms with Crippen LogP contribution in [0, 0.1) is 6.92 Å². The van der Waals surface area contributed by atoms with E-state index in [1.165, 1.54) is 16.7 Å². The van der Waals surface area contributed by atoms with Gasteiger partial charge in [0.2, 0.25) is 0 Å². The number of hydrogen-bond acceptors (Lipinski definition) is 4. The lowest BCUT2D eigenvalue weighted by Crippen LogP contribution is -2.01. The Kier molecular flexibility index (Phi) is 8.24. The zero-order valence-electron chi connectivity index (χ0n) is 18.3. The van der Waals surface area contributed by atoms with Crippen molar-refractivity contribution in [2.75, 3.05) is 6.61 Å². The highest BCUT2D eigenvalue weighted by Gasteiger charge is 2.11. The van der Waals surface area contributed by atoms with Gasteiger partial charge in [-0.1, -0.05) is 49.4 Å². The predicted octanol–water partition coefficient (Wildman–Crippen LogP) is 5.10. The topological polar surface area (TPSA) is 69.9 Å². The molecule has 1 unspecified atom stereocenters. The van der Waals surface area contributed by atoms with Gasteiger partial charge in [-0.3, -0.25) is 0 Å². The second-order valence-electron chi connectivity index (χ2n) is 7.93. The van der Waals surface area contributed by atoms with E-state index in [9.17, 15) is 15.3 Å². The van der Waals surface area contributed by atoms with E-state index in [2.05, 4.69) is 44.2 Å². The highest BCUT2D eigenvalue weighted by atomic mass is 16.5. The van der Waals surface area contributed by atoms with Gasteiger partial charge < -0.3 is 20.1 Å². The number of aliphatic hydroxyl groups excluding tert-OH is 3. The van der Waals surface area contributed by atoms with Crippen molar-refractivity contribution in [1.82, 2.24) is 0 Å². The fourth-order valence-corrected chi connectivity index (χ4v) is 4.02. The average Bonchev–Trinajstić information content (AvgIpc) is 2.81. The first-order chi connectivity index (χ1) is 15.1. The third kappa shape index (κ3) is 5.73. The van der Waals surface area contributed by atoms with Gasteiger partial charge in [-0.2, -0.15) is 0 Å². The summed E-state index contributed by atoms with van der Waals surface area (Å²) in [5, 5.41) is 28.1. The van der Waals surface area contributed by atoms with Crippen molar-refractivity contribution >= 4 is 0 Å². The van der Waals surface area contributed by atoms with Crippen molar-refractivity contribution in [2.24, 2.45) is 0 Å². The Morgan fingerprint density at radius 1 is 0.871 bits per heavy atom. The Morgan fingerprint density at radius 2 is 1.68 bits per heavy atom. The smallest absolute Gasteiger partial charge is 0.120 e. The Labute approximate surface area is 184 Å². The average molecular weight is 421 g/mol. The van der Waals surface area contributed by atoms with Crippen LogP contribution in [-0.2, 0) is 19.8 Å². The first kappa shape index (κ1) is 23.0. The van der Waals surface area contributed by atoms with Crippen LogP contribution in [0.25, 0.3) is 11.1 Å². The van der Waals surface area contributed by atoms with Gasteiger partial charge in [-0.15, -0.1) is 0 Å². The SMILES string of the molecule is CCC(CCO)c1ccc(-c2cccc(COc3ccc(CO)c(CO)c3)c2)c(C)c1. The number of aryl methyl sites for hydroxylation is 1. The highest BCUT2D eigenvalue weighted by Crippen LogP contribution is 2.30. The second-order valence-corrected chi connectivity index (χ2v) is 7.93. The minimum atomic E-state index is -0.130. The van der Waals surface area contributed by atoms with Crippen molar-refractivity contribution in [1.29, 1.82) is 0 Å². The summed E-state index contributed by atoms with van der Waals surface area (Å²) in [6.45, 7) is 4.69.